The molecule has 1 N–H and O–H groups in total. The molecule has 21 heavy (non-hydrogen) atoms. The van der Waals surface area contributed by atoms with E-state index in [1.807, 2.05) is 17.8 Å². The number of hydrogen-bond donors (Lipinski definition) is 1. The van der Waals surface area contributed by atoms with Gasteiger partial charge in [-0.2, -0.15) is 0 Å². The minimum absolute atomic E-state index is 0.0796. The van der Waals surface area contributed by atoms with Crippen LogP contribution in [0.4, 0.5) is 0 Å². The summed E-state index contributed by atoms with van der Waals surface area (Å²) in [7, 11) is 0.287. The van der Waals surface area contributed by atoms with Crippen LogP contribution in [-0.4, -0.2) is 59.8 Å². The number of sulfonamides is 1. The van der Waals surface area contributed by atoms with Gasteiger partial charge in [-0.05, 0) is 13.3 Å². The van der Waals surface area contributed by atoms with E-state index in [0.717, 1.165) is 5.16 Å². The second-order valence-electron chi connectivity index (χ2n) is 4.54. The lowest BCUT2D eigenvalue weighted by molar-refractivity contribution is -0.118. The van der Waals surface area contributed by atoms with Crippen molar-refractivity contribution in [3.05, 3.63) is 12.4 Å². The zero-order valence-electron chi connectivity index (χ0n) is 12.6. The number of imidazole rings is 1. The summed E-state index contributed by atoms with van der Waals surface area (Å²) in [5.41, 5.74) is 0. The Kier molecular flexibility index (Phi) is 7.20. The van der Waals surface area contributed by atoms with Gasteiger partial charge in [0.2, 0.25) is 15.9 Å². The van der Waals surface area contributed by atoms with Crippen LogP contribution in [0.5, 0.6) is 0 Å². The number of hydrogen-bond acceptors (Lipinski definition) is 5. The Hall–Kier alpha value is -1.06. The van der Waals surface area contributed by atoms with Crippen molar-refractivity contribution in [3.8, 4) is 0 Å². The van der Waals surface area contributed by atoms with Gasteiger partial charge in [0.25, 0.3) is 0 Å². The lowest BCUT2D eigenvalue weighted by Gasteiger charge is -2.15. The first-order valence-electron chi connectivity index (χ1n) is 6.67. The van der Waals surface area contributed by atoms with E-state index in [1.165, 1.54) is 16.1 Å². The maximum atomic E-state index is 11.6. The summed E-state index contributed by atoms with van der Waals surface area (Å²) >= 11 is 1.37. The van der Waals surface area contributed by atoms with E-state index >= 15 is 0 Å². The highest BCUT2D eigenvalue weighted by Crippen LogP contribution is 2.13. The standard InChI is InChI=1S/C12H22N4O3S2/c1-4-21(18,19)16(3)8-5-6-13-11(17)10-20-12-14-7-9-15(12)2/h7,9H,4-6,8,10H2,1-3H3,(H,13,17). The number of aryl methyl sites for hydroxylation is 1. The number of carbonyl (C=O) groups excluding carboxylic acids is 1. The zero-order chi connectivity index (χ0) is 15.9. The molecular formula is C12H22N4O3S2. The van der Waals surface area contributed by atoms with Crippen LogP contribution in [0.1, 0.15) is 13.3 Å². The molecular weight excluding hydrogens is 312 g/mol. The summed E-state index contributed by atoms with van der Waals surface area (Å²) in [6.45, 7) is 2.48. The van der Waals surface area contributed by atoms with Gasteiger partial charge in [-0.25, -0.2) is 17.7 Å². The molecule has 0 spiro atoms. The number of thioether (sulfide) groups is 1. The first kappa shape index (κ1) is 18.0. The third-order valence-corrected chi connectivity index (χ3v) is 5.84. The van der Waals surface area contributed by atoms with Gasteiger partial charge in [0.1, 0.15) is 0 Å². The normalized spacial score (nSPS) is 11.8. The van der Waals surface area contributed by atoms with E-state index in [1.54, 1.807) is 20.2 Å². The Morgan fingerprint density at radius 3 is 2.81 bits per heavy atom. The Morgan fingerprint density at radius 2 is 2.24 bits per heavy atom. The van der Waals surface area contributed by atoms with Crippen LogP contribution in [0, 0.1) is 0 Å². The van der Waals surface area contributed by atoms with Crippen LogP contribution in [-0.2, 0) is 21.9 Å². The number of nitrogens with zero attached hydrogens (tertiary/aromatic N) is 3. The third kappa shape index (κ3) is 6.06. The van der Waals surface area contributed by atoms with Gasteiger partial charge in [-0.1, -0.05) is 11.8 Å². The molecule has 0 fully saturated rings. The van der Waals surface area contributed by atoms with Crippen molar-refractivity contribution in [3.63, 3.8) is 0 Å². The topological polar surface area (TPSA) is 84.3 Å². The van der Waals surface area contributed by atoms with Gasteiger partial charge in [0, 0.05) is 39.6 Å². The van der Waals surface area contributed by atoms with Crippen molar-refractivity contribution in [1.82, 2.24) is 19.2 Å². The lowest BCUT2D eigenvalue weighted by Crippen LogP contribution is -2.32. The van der Waals surface area contributed by atoms with Gasteiger partial charge in [-0.15, -0.1) is 0 Å². The fraction of sp³-hybridized carbons (Fsp3) is 0.667. The molecule has 9 heteroatoms. The summed E-state index contributed by atoms with van der Waals surface area (Å²) in [5.74, 6) is 0.313. The second kappa shape index (κ2) is 8.40. The lowest BCUT2D eigenvalue weighted by atomic mass is 10.4. The molecule has 0 saturated carbocycles. The molecule has 0 unspecified atom stereocenters. The Bertz CT molecular complexity index is 557. The first-order chi connectivity index (χ1) is 9.86. The quantitative estimate of drug-likeness (QED) is 0.519. The van der Waals surface area contributed by atoms with Crippen molar-refractivity contribution < 1.29 is 13.2 Å². The summed E-state index contributed by atoms with van der Waals surface area (Å²) in [4.78, 5) is 15.8. The molecule has 0 aliphatic heterocycles. The van der Waals surface area contributed by atoms with Crippen LogP contribution in [0.3, 0.4) is 0 Å². The van der Waals surface area contributed by atoms with Crippen LogP contribution < -0.4 is 5.32 Å². The van der Waals surface area contributed by atoms with Gasteiger partial charge < -0.3 is 9.88 Å². The average Bonchev–Trinajstić information content (AvgIpc) is 2.86. The maximum Gasteiger partial charge on any atom is 0.230 e. The van der Waals surface area contributed by atoms with Gasteiger partial charge in [0.15, 0.2) is 5.16 Å². The van der Waals surface area contributed by atoms with Gasteiger partial charge in [0.05, 0.1) is 11.5 Å². The second-order valence-corrected chi connectivity index (χ2v) is 7.84. The fourth-order valence-corrected chi connectivity index (χ4v) is 3.17. The van der Waals surface area contributed by atoms with Crippen molar-refractivity contribution in [2.24, 2.45) is 7.05 Å². The van der Waals surface area contributed by atoms with Crippen molar-refractivity contribution in [2.75, 3.05) is 31.6 Å². The summed E-state index contributed by atoms with van der Waals surface area (Å²) in [6.07, 6.45) is 4.10. The molecule has 0 saturated heterocycles. The molecule has 1 aromatic heterocycles. The molecule has 0 aromatic carbocycles. The molecule has 0 aliphatic rings. The highest BCUT2D eigenvalue weighted by molar-refractivity contribution is 7.99. The predicted molar refractivity (Wildman–Crippen MR) is 83.6 cm³/mol. The van der Waals surface area contributed by atoms with E-state index < -0.39 is 10.0 Å². The highest BCUT2D eigenvalue weighted by Gasteiger charge is 2.14. The minimum Gasteiger partial charge on any atom is -0.355 e. The average molecular weight is 334 g/mol. The highest BCUT2D eigenvalue weighted by atomic mass is 32.2. The first-order valence-corrected chi connectivity index (χ1v) is 9.27. The molecule has 1 rings (SSSR count). The third-order valence-electron chi connectivity index (χ3n) is 2.92. The molecule has 1 aromatic rings. The van der Waals surface area contributed by atoms with Crippen LogP contribution >= 0.6 is 11.8 Å². The Morgan fingerprint density at radius 1 is 1.52 bits per heavy atom. The molecule has 1 heterocycles. The van der Waals surface area contributed by atoms with Gasteiger partial charge >= 0.3 is 0 Å². The molecule has 0 atom stereocenters. The predicted octanol–water partition coefficient (Wildman–Crippen LogP) is 0.300. The van der Waals surface area contributed by atoms with E-state index in [0.29, 0.717) is 25.3 Å². The number of carbonyl (C=O) groups is 1. The molecule has 0 radical (unpaired) electrons. The van der Waals surface area contributed by atoms with E-state index in [2.05, 4.69) is 10.3 Å². The van der Waals surface area contributed by atoms with Crippen LogP contribution in [0.2, 0.25) is 0 Å². The fourth-order valence-electron chi connectivity index (χ4n) is 1.56. The SMILES string of the molecule is CCS(=O)(=O)N(C)CCCNC(=O)CSc1nccn1C. The van der Waals surface area contributed by atoms with Crippen LogP contribution in [0.15, 0.2) is 17.6 Å². The van der Waals surface area contributed by atoms with Gasteiger partial charge in [-0.3, -0.25) is 4.79 Å². The minimum atomic E-state index is -3.14. The van der Waals surface area contributed by atoms with E-state index in [9.17, 15) is 13.2 Å². The summed E-state index contributed by atoms with van der Waals surface area (Å²) in [5, 5.41) is 3.56. The zero-order valence-corrected chi connectivity index (χ0v) is 14.2. The Labute approximate surface area is 130 Å². The number of amides is 1. The number of nitrogens with one attached hydrogen (secondary N) is 1. The van der Waals surface area contributed by atoms with E-state index in [4.69, 9.17) is 0 Å². The smallest absolute Gasteiger partial charge is 0.230 e. The summed E-state index contributed by atoms with van der Waals surface area (Å²) < 4.78 is 26.2. The number of rotatable bonds is 9. The summed E-state index contributed by atoms with van der Waals surface area (Å²) in [6, 6.07) is 0. The van der Waals surface area contributed by atoms with Crippen molar-refractivity contribution in [1.29, 1.82) is 0 Å². The van der Waals surface area contributed by atoms with E-state index in [-0.39, 0.29) is 11.7 Å². The largest absolute Gasteiger partial charge is 0.355 e. The Balaban J connectivity index is 2.18. The number of aromatic nitrogens is 2. The van der Waals surface area contributed by atoms with Crippen molar-refractivity contribution in [2.45, 2.75) is 18.5 Å². The molecule has 0 bridgehead atoms. The van der Waals surface area contributed by atoms with Crippen molar-refractivity contribution >= 4 is 27.7 Å². The molecule has 120 valence electrons. The van der Waals surface area contributed by atoms with Crippen LogP contribution in [0.25, 0.3) is 0 Å². The molecule has 1 amide bonds. The molecule has 0 aliphatic carbocycles. The monoisotopic (exact) mass is 334 g/mol. The maximum absolute atomic E-state index is 11.6. The molecule has 7 nitrogen and oxygen atoms in total.